The van der Waals surface area contributed by atoms with Crippen molar-refractivity contribution in [2.75, 3.05) is 7.05 Å². The minimum absolute atomic E-state index is 0.507. The third-order valence-corrected chi connectivity index (χ3v) is 4.02. The average molecular weight is 247 g/mol. The van der Waals surface area contributed by atoms with Gasteiger partial charge in [0.2, 0.25) is 0 Å². The molecule has 102 valence electrons. The fourth-order valence-corrected chi connectivity index (χ4v) is 2.69. The van der Waals surface area contributed by atoms with Gasteiger partial charge in [0.25, 0.3) is 0 Å². The van der Waals surface area contributed by atoms with Gasteiger partial charge in [-0.05, 0) is 37.4 Å². The van der Waals surface area contributed by atoms with Crippen molar-refractivity contribution in [1.82, 2.24) is 5.32 Å². The largest absolute Gasteiger partial charge is 0.313 e. The van der Waals surface area contributed by atoms with Crippen molar-refractivity contribution in [3.63, 3.8) is 0 Å². The van der Waals surface area contributed by atoms with Crippen molar-refractivity contribution in [2.45, 2.75) is 58.9 Å². The predicted molar refractivity (Wildman–Crippen MR) is 80.9 cm³/mol. The summed E-state index contributed by atoms with van der Waals surface area (Å²) in [7, 11) is 2.09. The molecule has 0 saturated carbocycles. The third kappa shape index (κ3) is 4.45. The first-order chi connectivity index (χ1) is 8.72. The summed E-state index contributed by atoms with van der Waals surface area (Å²) in [6.07, 6.45) is 6.60. The Balaban J connectivity index is 2.68. The average Bonchev–Trinajstić information content (AvgIpc) is 2.40. The highest BCUT2D eigenvalue weighted by Crippen LogP contribution is 2.28. The van der Waals surface area contributed by atoms with Gasteiger partial charge in [-0.1, -0.05) is 63.8 Å². The van der Waals surface area contributed by atoms with Gasteiger partial charge in [0.1, 0.15) is 0 Å². The SMILES string of the molecule is CCCCC(CC)CC(NC)c1ccccc1C. The van der Waals surface area contributed by atoms with Crippen LogP contribution < -0.4 is 5.32 Å². The Bertz CT molecular complexity index is 332. The highest BCUT2D eigenvalue weighted by molar-refractivity contribution is 5.28. The quantitative estimate of drug-likeness (QED) is 0.691. The lowest BCUT2D eigenvalue weighted by Crippen LogP contribution is -2.20. The van der Waals surface area contributed by atoms with E-state index in [0.29, 0.717) is 6.04 Å². The van der Waals surface area contributed by atoms with E-state index in [1.807, 2.05) is 0 Å². The topological polar surface area (TPSA) is 12.0 Å². The molecule has 18 heavy (non-hydrogen) atoms. The van der Waals surface area contributed by atoms with Crippen LogP contribution in [0.2, 0.25) is 0 Å². The summed E-state index contributed by atoms with van der Waals surface area (Å²) in [6.45, 7) is 6.82. The predicted octanol–water partition coefficient (Wildman–Crippen LogP) is 4.86. The number of benzene rings is 1. The Labute approximate surface area is 113 Å². The highest BCUT2D eigenvalue weighted by atomic mass is 14.9. The van der Waals surface area contributed by atoms with Crippen LogP contribution in [0.25, 0.3) is 0 Å². The Morgan fingerprint density at radius 3 is 2.44 bits per heavy atom. The molecule has 1 aromatic carbocycles. The summed E-state index contributed by atoms with van der Waals surface area (Å²) < 4.78 is 0. The first-order valence-corrected chi connectivity index (χ1v) is 7.45. The molecule has 0 saturated heterocycles. The van der Waals surface area contributed by atoms with E-state index in [4.69, 9.17) is 0 Å². The number of hydrogen-bond donors (Lipinski definition) is 1. The van der Waals surface area contributed by atoms with E-state index >= 15 is 0 Å². The maximum atomic E-state index is 3.50. The summed E-state index contributed by atoms with van der Waals surface area (Å²) in [5.74, 6) is 0.849. The Morgan fingerprint density at radius 2 is 1.89 bits per heavy atom. The van der Waals surface area contributed by atoms with Crippen molar-refractivity contribution in [2.24, 2.45) is 5.92 Å². The minimum Gasteiger partial charge on any atom is -0.313 e. The van der Waals surface area contributed by atoms with Gasteiger partial charge in [-0.15, -0.1) is 0 Å². The molecule has 0 spiro atoms. The molecule has 2 unspecified atom stereocenters. The zero-order chi connectivity index (χ0) is 13.4. The van der Waals surface area contributed by atoms with Gasteiger partial charge < -0.3 is 5.32 Å². The molecule has 0 radical (unpaired) electrons. The standard InChI is InChI=1S/C17H29N/c1-5-7-11-15(6-2)13-17(18-4)16-12-9-8-10-14(16)3/h8-10,12,15,17-18H,5-7,11,13H2,1-4H3. The number of hydrogen-bond acceptors (Lipinski definition) is 1. The van der Waals surface area contributed by atoms with Crippen molar-refractivity contribution in [3.8, 4) is 0 Å². The molecule has 1 aromatic rings. The fourth-order valence-electron chi connectivity index (χ4n) is 2.69. The summed E-state index contributed by atoms with van der Waals surface area (Å²) in [4.78, 5) is 0. The molecule has 1 nitrogen and oxygen atoms in total. The molecule has 0 heterocycles. The zero-order valence-electron chi connectivity index (χ0n) is 12.5. The first kappa shape index (κ1) is 15.2. The van der Waals surface area contributed by atoms with Gasteiger partial charge in [-0.25, -0.2) is 0 Å². The van der Waals surface area contributed by atoms with E-state index in [1.165, 1.54) is 43.2 Å². The van der Waals surface area contributed by atoms with E-state index < -0.39 is 0 Å². The van der Waals surface area contributed by atoms with E-state index in [1.54, 1.807) is 0 Å². The summed E-state index contributed by atoms with van der Waals surface area (Å²) in [6, 6.07) is 9.27. The van der Waals surface area contributed by atoms with Crippen LogP contribution in [0.5, 0.6) is 0 Å². The molecule has 1 N–H and O–H groups in total. The lowest BCUT2D eigenvalue weighted by Gasteiger charge is -2.24. The van der Waals surface area contributed by atoms with Gasteiger partial charge in [-0.3, -0.25) is 0 Å². The van der Waals surface area contributed by atoms with Gasteiger partial charge in [0, 0.05) is 6.04 Å². The van der Waals surface area contributed by atoms with Crippen LogP contribution in [0.15, 0.2) is 24.3 Å². The number of unbranched alkanes of at least 4 members (excludes halogenated alkanes) is 1. The van der Waals surface area contributed by atoms with Crippen LogP contribution >= 0.6 is 0 Å². The molecule has 0 aliphatic heterocycles. The second-order valence-corrected chi connectivity index (χ2v) is 5.35. The summed E-state index contributed by atoms with van der Waals surface area (Å²) in [5.41, 5.74) is 2.87. The van der Waals surface area contributed by atoms with Gasteiger partial charge in [0.15, 0.2) is 0 Å². The summed E-state index contributed by atoms with van der Waals surface area (Å²) in [5, 5.41) is 3.50. The van der Waals surface area contributed by atoms with E-state index in [-0.39, 0.29) is 0 Å². The Morgan fingerprint density at radius 1 is 1.17 bits per heavy atom. The monoisotopic (exact) mass is 247 g/mol. The lowest BCUT2D eigenvalue weighted by molar-refractivity contribution is 0.364. The molecular weight excluding hydrogens is 218 g/mol. The Hall–Kier alpha value is -0.820. The van der Waals surface area contributed by atoms with Crippen molar-refractivity contribution >= 4 is 0 Å². The van der Waals surface area contributed by atoms with Crippen LogP contribution in [0.1, 0.15) is 63.1 Å². The van der Waals surface area contributed by atoms with E-state index in [2.05, 4.69) is 57.4 Å². The lowest BCUT2D eigenvalue weighted by atomic mass is 9.88. The normalized spacial score (nSPS) is 14.4. The van der Waals surface area contributed by atoms with Crippen LogP contribution in [-0.2, 0) is 0 Å². The first-order valence-electron chi connectivity index (χ1n) is 7.45. The van der Waals surface area contributed by atoms with Crippen molar-refractivity contribution in [3.05, 3.63) is 35.4 Å². The smallest absolute Gasteiger partial charge is 0.0322 e. The molecule has 2 atom stereocenters. The van der Waals surface area contributed by atoms with Gasteiger partial charge >= 0.3 is 0 Å². The second kappa shape index (κ2) is 8.31. The maximum absolute atomic E-state index is 3.50. The van der Waals surface area contributed by atoms with E-state index in [0.717, 1.165) is 5.92 Å². The Kier molecular flexibility index (Phi) is 7.04. The second-order valence-electron chi connectivity index (χ2n) is 5.35. The third-order valence-electron chi connectivity index (χ3n) is 4.02. The van der Waals surface area contributed by atoms with Crippen LogP contribution in [0, 0.1) is 12.8 Å². The van der Waals surface area contributed by atoms with Crippen LogP contribution in [-0.4, -0.2) is 7.05 Å². The van der Waals surface area contributed by atoms with Crippen LogP contribution in [0.4, 0.5) is 0 Å². The molecule has 0 aliphatic carbocycles. The zero-order valence-corrected chi connectivity index (χ0v) is 12.5. The highest BCUT2D eigenvalue weighted by Gasteiger charge is 2.16. The van der Waals surface area contributed by atoms with Crippen molar-refractivity contribution in [1.29, 1.82) is 0 Å². The van der Waals surface area contributed by atoms with E-state index in [9.17, 15) is 0 Å². The van der Waals surface area contributed by atoms with Crippen LogP contribution in [0.3, 0.4) is 0 Å². The maximum Gasteiger partial charge on any atom is 0.0322 e. The molecule has 1 heteroatoms. The molecule has 0 aliphatic rings. The molecule has 0 bridgehead atoms. The van der Waals surface area contributed by atoms with Gasteiger partial charge in [0.05, 0.1) is 0 Å². The molecular formula is C17H29N. The minimum atomic E-state index is 0.507. The summed E-state index contributed by atoms with van der Waals surface area (Å²) >= 11 is 0. The molecule has 1 rings (SSSR count). The molecule has 0 fully saturated rings. The molecule has 0 aromatic heterocycles. The number of nitrogens with one attached hydrogen (secondary N) is 1. The van der Waals surface area contributed by atoms with Gasteiger partial charge in [-0.2, -0.15) is 0 Å². The number of rotatable bonds is 8. The van der Waals surface area contributed by atoms with Crippen molar-refractivity contribution < 1.29 is 0 Å². The number of aryl methyl sites for hydroxylation is 1. The fraction of sp³-hybridized carbons (Fsp3) is 0.647. The molecule has 0 amide bonds.